The van der Waals surface area contributed by atoms with Crippen LogP contribution in [0.5, 0.6) is 0 Å². The molecule has 0 fully saturated rings. The number of hydrogen-bond acceptors (Lipinski definition) is 2. The third-order valence-corrected chi connectivity index (χ3v) is 2.72. The fraction of sp³-hybridized carbons (Fsp3) is 0.211. The minimum absolute atomic E-state index is 0.152. The molecular formula is C19H22F2N2. The van der Waals surface area contributed by atoms with Crippen LogP contribution in [-0.4, -0.2) is 6.21 Å². The summed E-state index contributed by atoms with van der Waals surface area (Å²) in [6.45, 7) is 11.2. The number of nitrogen functional groups attached to an aromatic ring is 1. The van der Waals surface area contributed by atoms with E-state index in [2.05, 4.69) is 18.4 Å². The number of allylic oxidation sites excluding steroid dienone is 5. The lowest BCUT2D eigenvalue weighted by atomic mass is 10.1. The van der Waals surface area contributed by atoms with Gasteiger partial charge in [-0.3, -0.25) is 0 Å². The summed E-state index contributed by atoms with van der Waals surface area (Å²) in [4.78, 5) is 0. The van der Waals surface area contributed by atoms with Crippen LogP contribution in [0.4, 0.5) is 14.5 Å². The molecule has 0 saturated heterocycles. The van der Waals surface area contributed by atoms with Crippen LogP contribution in [0, 0.1) is 28.9 Å². The molecule has 0 bridgehead atoms. The van der Waals surface area contributed by atoms with Crippen LogP contribution in [0.1, 0.15) is 33.3 Å². The molecule has 0 heterocycles. The molecule has 0 aliphatic carbocycles. The van der Waals surface area contributed by atoms with E-state index in [1.807, 2.05) is 13.8 Å². The fourth-order valence-corrected chi connectivity index (χ4v) is 1.47. The van der Waals surface area contributed by atoms with Gasteiger partial charge < -0.3 is 11.1 Å². The molecular weight excluding hydrogens is 294 g/mol. The maximum atomic E-state index is 13.7. The molecule has 0 aliphatic rings. The first-order valence-corrected chi connectivity index (χ1v) is 7.20. The van der Waals surface area contributed by atoms with Crippen molar-refractivity contribution in [3.63, 3.8) is 0 Å². The Kier molecular flexibility index (Phi) is 8.95. The van der Waals surface area contributed by atoms with Crippen molar-refractivity contribution in [1.29, 1.82) is 5.41 Å². The van der Waals surface area contributed by atoms with Crippen LogP contribution in [-0.2, 0) is 0 Å². The number of benzene rings is 1. The molecule has 0 amide bonds. The summed E-state index contributed by atoms with van der Waals surface area (Å²) in [5, 5.41) is 7.29. The van der Waals surface area contributed by atoms with E-state index in [1.54, 1.807) is 26.0 Å². The molecule has 23 heavy (non-hydrogen) atoms. The third kappa shape index (κ3) is 5.91. The zero-order valence-electron chi connectivity index (χ0n) is 13.9. The predicted molar refractivity (Wildman–Crippen MR) is 94.4 cm³/mol. The molecule has 1 rings (SSSR count). The van der Waals surface area contributed by atoms with Crippen LogP contribution < -0.4 is 5.73 Å². The topological polar surface area (TPSA) is 49.9 Å². The highest BCUT2D eigenvalue weighted by Crippen LogP contribution is 2.17. The van der Waals surface area contributed by atoms with Gasteiger partial charge in [-0.2, -0.15) is 0 Å². The lowest BCUT2D eigenvalue weighted by molar-refractivity contribution is 0.580. The van der Waals surface area contributed by atoms with E-state index in [-0.39, 0.29) is 11.3 Å². The van der Waals surface area contributed by atoms with Gasteiger partial charge in [-0.05, 0) is 43.2 Å². The van der Waals surface area contributed by atoms with Gasteiger partial charge in [-0.1, -0.05) is 38.3 Å². The molecule has 1 aromatic rings. The van der Waals surface area contributed by atoms with Crippen LogP contribution in [0.15, 0.2) is 47.6 Å². The van der Waals surface area contributed by atoms with Crippen molar-refractivity contribution in [3.8, 4) is 11.8 Å². The van der Waals surface area contributed by atoms with Crippen molar-refractivity contribution in [3.05, 3.63) is 64.8 Å². The molecule has 4 heteroatoms. The van der Waals surface area contributed by atoms with E-state index < -0.39 is 11.6 Å². The van der Waals surface area contributed by atoms with Crippen LogP contribution in [0.25, 0.3) is 0 Å². The first-order valence-electron chi connectivity index (χ1n) is 7.20. The smallest absolute Gasteiger partial charge is 0.164 e. The predicted octanol–water partition coefficient (Wildman–Crippen LogP) is 5.02. The zero-order valence-corrected chi connectivity index (χ0v) is 13.9. The number of rotatable bonds is 3. The Bertz CT molecular complexity index is 702. The Labute approximate surface area is 136 Å². The van der Waals surface area contributed by atoms with Crippen molar-refractivity contribution in [2.45, 2.75) is 27.7 Å². The van der Waals surface area contributed by atoms with Gasteiger partial charge in [0.25, 0.3) is 0 Å². The standard InChI is InChI=1S/C17H16F2N2.C2H6/c1-4-12(9-13(10-20)11(2)3)5-6-14-15(18)7-8-16(21)17(14)19;1-2/h4,7-10,20H,2,21H2,1,3H3;1-2H3/b12-4-,13-9-,20-10?;. The second kappa shape index (κ2) is 10.1. The lowest BCUT2D eigenvalue weighted by Crippen LogP contribution is -1.97. The summed E-state index contributed by atoms with van der Waals surface area (Å²) in [7, 11) is 0. The van der Waals surface area contributed by atoms with Gasteiger partial charge in [0, 0.05) is 11.8 Å². The number of nitrogens with one attached hydrogen (secondary N) is 1. The minimum atomic E-state index is -0.867. The Hall–Kier alpha value is -2.67. The van der Waals surface area contributed by atoms with Crippen molar-refractivity contribution in [2.24, 2.45) is 0 Å². The Balaban J connectivity index is 0.00000232. The lowest BCUT2D eigenvalue weighted by Gasteiger charge is -2.01. The Morgan fingerprint density at radius 3 is 2.39 bits per heavy atom. The molecule has 3 N–H and O–H groups in total. The summed E-state index contributed by atoms with van der Waals surface area (Å²) >= 11 is 0. The number of halogens is 2. The maximum absolute atomic E-state index is 13.7. The fourth-order valence-electron chi connectivity index (χ4n) is 1.47. The molecule has 0 aromatic heterocycles. The highest BCUT2D eigenvalue weighted by atomic mass is 19.1. The van der Waals surface area contributed by atoms with Gasteiger partial charge in [0.15, 0.2) is 5.82 Å². The number of hydrogen-bond donors (Lipinski definition) is 2. The van der Waals surface area contributed by atoms with Crippen molar-refractivity contribution in [2.75, 3.05) is 5.73 Å². The second-order valence-electron chi connectivity index (χ2n) is 4.34. The van der Waals surface area contributed by atoms with Crippen molar-refractivity contribution < 1.29 is 8.78 Å². The molecule has 0 saturated carbocycles. The first kappa shape index (κ1) is 20.3. The Morgan fingerprint density at radius 2 is 1.91 bits per heavy atom. The Morgan fingerprint density at radius 1 is 1.30 bits per heavy atom. The van der Waals surface area contributed by atoms with E-state index >= 15 is 0 Å². The van der Waals surface area contributed by atoms with Gasteiger partial charge in [0.2, 0.25) is 0 Å². The van der Waals surface area contributed by atoms with Crippen molar-refractivity contribution >= 4 is 11.9 Å². The van der Waals surface area contributed by atoms with Gasteiger partial charge in [-0.25, -0.2) is 8.78 Å². The van der Waals surface area contributed by atoms with E-state index in [0.29, 0.717) is 16.7 Å². The third-order valence-electron chi connectivity index (χ3n) is 2.72. The minimum Gasteiger partial charge on any atom is -0.396 e. The number of nitrogens with two attached hydrogens (primary N) is 1. The van der Waals surface area contributed by atoms with Gasteiger partial charge in [-0.15, -0.1) is 0 Å². The molecule has 1 aromatic carbocycles. The van der Waals surface area contributed by atoms with Crippen LogP contribution >= 0.6 is 0 Å². The van der Waals surface area contributed by atoms with Gasteiger partial charge >= 0.3 is 0 Å². The highest BCUT2D eigenvalue weighted by Gasteiger charge is 2.09. The monoisotopic (exact) mass is 316 g/mol. The quantitative estimate of drug-likeness (QED) is 0.350. The summed E-state index contributed by atoms with van der Waals surface area (Å²) in [6, 6.07) is 2.23. The summed E-state index contributed by atoms with van der Waals surface area (Å²) in [5.74, 6) is 3.48. The van der Waals surface area contributed by atoms with E-state index in [9.17, 15) is 8.78 Å². The number of anilines is 1. The largest absolute Gasteiger partial charge is 0.396 e. The molecule has 2 nitrogen and oxygen atoms in total. The average Bonchev–Trinajstić information content (AvgIpc) is 2.55. The molecule has 0 aliphatic heterocycles. The average molecular weight is 316 g/mol. The zero-order chi connectivity index (χ0) is 18.0. The van der Waals surface area contributed by atoms with E-state index in [0.717, 1.165) is 18.3 Å². The normalized spacial score (nSPS) is 10.9. The molecule has 0 spiro atoms. The summed E-state index contributed by atoms with van der Waals surface area (Å²) in [6.07, 6.45) is 4.46. The SMILES string of the molecule is C=C(C)/C(C=N)=C\C(C#Cc1c(F)ccc(N)c1F)=C/C.CC. The second-order valence-corrected chi connectivity index (χ2v) is 4.34. The van der Waals surface area contributed by atoms with Gasteiger partial charge in [0.05, 0.1) is 11.3 Å². The summed E-state index contributed by atoms with van der Waals surface area (Å²) in [5.41, 5.74) is 6.69. The van der Waals surface area contributed by atoms with Crippen molar-refractivity contribution in [1.82, 2.24) is 0 Å². The highest BCUT2D eigenvalue weighted by molar-refractivity contribution is 5.83. The van der Waals surface area contributed by atoms with Crippen LogP contribution in [0.2, 0.25) is 0 Å². The molecule has 0 radical (unpaired) electrons. The van der Waals surface area contributed by atoms with E-state index in [1.165, 1.54) is 0 Å². The van der Waals surface area contributed by atoms with Crippen LogP contribution in [0.3, 0.4) is 0 Å². The van der Waals surface area contributed by atoms with Gasteiger partial charge in [0.1, 0.15) is 5.82 Å². The molecule has 0 atom stereocenters. The first-order chi connectivity index (χ1) is 10.9. The van der Waals surface area contributed by atoms with E-state index in [4.69, 9.17) is 11.1 Å². The molecule has 122 valence electrons. The summed E-state index contributed by atoms with van der Waals surface area (Å²) < 4.78 is 27.3. The molecule has 0 unspecified atom stereocenters. The maximum Gasteiger partial charge on any atom is 0.164 e.